The van der Waals surface area contributed by atoms with E-state index >= 15 is 0 Å². The van der Waals surface area contributed by atoms with E-state index in [0.717, 1.165) is 5.56 Å². The van der Waals surface area contributed by atoms with Crippen LogP contribution < -0.4 is 9.47 Å². The molecule has 0 spiro atoms. The molecule has 0 bridgehead atoms. The molecule has 0 amide bonds. The molecule has 0 radical (unpaired) electrons. The molecule has 0 saturated heterocycles. The molecule has 17 heavy (non-hydrogen) atoms. The maximum absolute atomic E-state index is 9.03. The first-order valence-electron chi connectivity index (χ1n) is 5.68. The van der Waals surface area contributed by atoms with Crippen LogP contribution in [0.2, 0.25) is 0 Å². The van der Waals surface area contributed by atoms with Gasteiger partial charge >= 0.3 is 0 Å². The van der Waals surface area contributed by atoms with Crippen LogP contribution in [0, 0.1) is 11.3 Å². The summed E-state index contributed by atoms with van der Waals surface area (Å²) < 4.78 is 11.0. The van der Waals surface area contributed by atoms with E-state index in [-0.39, 0.29) is 6.61 Å². The molecule has 0 aliphatic rings. The lowest BCUT2D eigenvalue weighted by atomic mass is 10.2. The van der Waals surface area contributed by atoms with E-state index in [1.807, 2.05) is 6.92 Å². The summed E-state index contributed by atoms with van der Waals surface area (Å²) in [6.07, 6.45) is 1.18. The highest BCUT2D eigenvalue weighted by molar-refractivity contribution is 5.42. The van der Waals surface area contributed by atoms with Gasteiger partial charge < -0.3 is 14.6 Å². The number of nitrogens with zero attached hydrogens (tertiary/aromatic N) is 1. The van der Waals surface area contributed by atoms with E-state index in [4.69, 9.17) is 19.8 Å². The van der Waals surface area contributed by atoms with Crippen LogP contribution in [-0.4, -0.2) is 18.3 Å². The summed E-state index contributed by atoms with van der Waals surface area (Å²) in [5.41, 5.74) is 0.790. The van der Waals surface area contributed by atoms with Crippen molar-refractivity contribution in [2.45, 2.75) is 26.4 Å². The zero-order chi connectivity index (χ0) is 12.5. The lowest BCUT2D eigenvalue weighted by Crippen LogP contribution is -2.01. The Balaban J connectivity index is 2.66. The maximum atomic E-state index is 9.03. The van der Waals surface area contributed by atoms with E-state index in [9.17, 15) is 0 Å². The van der Waals surface area contributed by atoms with Crippen molar-refractivity contribution in [3.63, 3.8) is 0 Å². The fraction of sp³-hybridized carbons (Fsp3) is 0.462. The molecule has 0 aliphatic heterocycles. The summed E-state index contributed by atoms with van der Waals surface area (Å²) in [6.45, 7) is 2.91. The van der Waals surface area contributed by atoms with Gasteiger partial charge in [0.1, 0.15) is 0 Å². The highest BCUT2D eigenvalue weighted by atomic mass is 16.5. The third kappa shape index (κ3) is 4.33. The van der Waals surface area contributed by atoms with Gasteiger partial charge in [0.2, 0.25) is 0 Å². The standard InChI is InChI=1S/C13H17NO3/c1-2-16-13-9-11(10-15)5-6-12(13)17-8-4-3-7-14/h5-6,9,15H,2-4,8,10H2,1H3. The van der Waals surface area contributed by atoms with Crippen LogP contribution in [0.15, 0.2) is 18.2 Å². The lowest BCUT2D eigenvalue weighted by Gasteiger charge is -2.12. The molecule has 1 rings (SSSR count). The SMILES string of the molecule is CCOc1cc(CO)ccc1OCCCC#N. The van der Waals surface area contributed by atoms with Crippen molar-refractivity contribution < 1.29 is 14.6 Å². The molecule has 1 aromatic rings. The van der Waals surface area contributed by atoms with Crippen LogP contribution in [0.1, 0.15) is 25.3 Å². The van der Waals surface area contributed by atoms with Crippen LogP contribution in [-0.2, 0) is 6.61 Å². The van der Waals surface area contributed by atoms with E-state index < -0.39 is 0 Å². The molecule has 1 N–H and O–H groups in total. The predicted molar refractivity (Wildman–Crippen MR) is 63.9 cm³/mol. The van der Waals surface area contributed by atoms with Crippen molar-refractivity contribution in [3.8, 4) is 17.6 Å². The van der Waals surface area contributed by atoms with Gasteiger partial charge in [-0.3, -0.25) is 0 Å². The first-order valence-corrected chi connectivity index (χ1v) is 5.68. The van der Waals surface area contributed by atoms with Crippen LogP contribution in [0.25, 0.3) is 0 Å². The number of nitriles is 1. The number of benzene rings is 1. The van der Waals surface area contributed by atoms with Gasteiger partial charge in [0.25, 0.3) is 0 Å². The van der Waals surface area contributed by atoms with Gasteiger partial charge in [-0.05, 0) is 31.0 Å². The molecular weight excluding hydrogens is 218 g/mol. The van der Waals surface area contributed by atoms with Crippen LogP contribution in [0.5, 0.6) is 11.5 Å². The van der Waals surface area contributed by atoms with E-state index in [1.165, 1.54) is 0 Å². The fourth-order valence-electron chi connectivity index (χ4n) is 1.37. The quantitative estimate of drug-likeness (QED) is 0.736. The fourth-order valence-corrected chi connectivity index (χ4v) is 1.37. The minimum atomic E-state index is -0.0191. The van der Waals surface area contributed by atoms with Gasteiger partial charge in [-0.25, -0.2) is 0 Å². The number of ether oxygens (including phenoxy) is 2. The molecule has 0 saturated carbocycles. The van der Waals surface area contributed by atoms with Gasteiger partial charge in [-0.2, -0.15) is 5.26 Å². The van der Waals surface area contributed by atoms with E-state index in [0.29, 0.717) is 37.6 Å². The molecule has 0 fully saturated rings. The Morgan fingerprint density at radius 3 is 2.76 bits per heavy atom. The molecule has 1 aromatic carbocycles. The molecule has 0 heterocycles. The third-order valence-corrected chi connectivity index (χ3v) is 2.18. The number of unbranched alkanes of at least 4 members (excludes halogenated alkanes) is 1. The van der Waals surface area contributed by atoms with E-state index in [2.05, 4.69) is 6.07 Å². The molecule has 0 aromatic heterocycles. The summed E-state index contributed by atoms with van der Waals surface area (Å²) in [6, 6.07) is 7.41. The number of hydrogen-bond acceptors (Lipinski definition) is 4. The molecule has 4 heteroatoms. The van der Waals surface area contributed by atoms with Crippen LogP contribution >= 0.6 is 0 Å². The Morgan fingerprint density at radius 1 is 1.29 bits per heavy atom. The zero-order valence-electron chi connectivity index (χ0n) is 9.98. The van der Waals surface area contributed by atoms with Crippen molar-refractivity contribution in [1.29, 1.82) is 5.26 Å². The van der Waals surface area contributed by atoms with Crippen LogP contribution in [0.3, 0.4) is 0 Å². The second-order valence-electron chi connectivity index (χ2n) is 3.48. The first kappa shape index (κ1) is 13.3. The number of hydrogen-bond donors (Lipinski definition) is 1. The Hall–Kier alpha value is -1.73. The summed E-state index contributed by atoms with van der Waals surface area (Å²) in [7, 11) is 0. The molecule has 4 nitrogen and oxygen atoms in total. The zero-order valence-corrected chi connectivity index (χ0v) is 9.98. The molecule has 0 aliphatic carbocycles. The Morgan fingerprint density at radius 2 is 2.12 bits per heavy atom. The number of rotatable bonds is 7. The van der Waals surface area contributed by atoms with Crippen molar-refractivity contribution in [2.24, 2.45) is 0 Å². The molecule has 0 atom stereocenters. The Labute approximate surface area is 101 Å². The van der Waals surface area contributed by atoms with Crippen molar-refractivity contribution in [3.05, 3.63) is 23.8 Å². The predicted octanol–water partition coefficient (Wildman–Crippen LogP) is 2.26. The number of aliphatic hydroxyl groups is 1. The van der Waals surface area contributed by atoms with Crippen molar-refractivity contribution in [2.75, 3.05) is 13.2 Å². The van der Waals surface area contributed by atoms with E-state index in [1.54, 1.807) is 18.2 Å². The summed E-state index contributed by atoms with van der Waals surface area (Å²) in [5, 5.41) is 17.4. The second-order valence-corrected chi connectivity index (χ2v) is 3.48. The number of aliphatic hydroxyl groups excluding tert-OH is 1. The summed E-state index contributed by atoms with van der Waals surface area (Å²) >= 11 is 0. The normalized spacial score (nSPS) is 9.71. The highest BCUT2D eigenvalue weighted by Gasteiger charge is 2.05. The van der Waals surface area contributed by atoms with Crippen molar-refractivity contribution >= 4 is 0 Å². The molecular formula is C13H17NO3. The summed E-state index contributed by atoms with van der Waals surface area (Å²) in [4.78, 5) is 0. The van der Waals surface area contributed by atoms with Gasteiger partial charge in [-0.1, -0.05) is 6.07 Å². The topological polar surface area (TPSA) is 62.5 Å². The highest BCUT2D eigenvalue weighted by Crippen LogP contribution is 2.28. The Bertz CT molecular complexity index is 385. The van der Waals surface area contributed by atoms with Crippen molar-refractivity contribution in [1.82, 2.24) is 0 Å². The summed E-state index contributed by atoms with van der Waals surface area (Å²) in [5.74, 6) is 1.29. The smallest absolute Gasteiger partial charge is 0.161 e. The molecule has 92 valence electrons. The lowest BCUT2D eigenvalue weighted by molar-refractivity contribution is 0.267. The van der Waals surface area contributed by atoms with Gasteiger partial charge in [0, 0.05) is 6.42 Å². The minimum absolute atomic E-state index is 0.0191. The van der Waals surface area contributed by atoms with Crippen LogP contribution in [0.4, 0.5) is 0 Å². The minimum Gasteiger partial charge on any atom is -0.490 e. The largest absolute Gasteiger partial charge is 0.490 e. The maximum Gasteiger partial charge on any atom is 0.161 e. The average molecular weight is 235 g/mol. The second kappa shape index (κ2) is 7.53. The Kier molecular flexibility index (Phi) is 5.91. The average Bonchev–Trinajstić information content (AvgIpc) is 2.36. The molecule has 0 unspecified atom stereocenters. The van der Waals surface area contributed by atoms with Gasteiger partial charge in [0.05, 0.1) is 25.9 Å². The van der Waals surface area contributed by atoms with Gasteiger partial charge in [0.15, 0.2) is 11.5 Å². The first-order chi connectivity index (χ1) is 8.31. The monoisotopic (exact) mass is 235 g/mol. The van der Waals surface area contributed by atoms with Gasteiger partial charge in [-0.15, -0.1) is 0 Å². The third-order valence-electron chi connectivity index (χ3n) is 2.18.